The molecule has 0 aliphatic carbocycles. The van der Waals surface area contributed by atoms with Gasteiger partial charge in [-0.1, -0.05) is 0 Å². The van der Waals surface area contributed by atoms with E-state index >= 15 is 0 Å². The molecule has 20 heavy (non-hydrogen) atoms. The van der Waals surface area contributed by atoms with Gasteiger partial charge in [-0.3, -0.25) is 14.9 Å². The molecule has 1 aliphatic heterocycles. The number of carboxylic acid groups (broad SMARTS) is 1. The van der Waals surface area contributed by atoms with Crippen LogP contribution in [0.25, 0.3) is 0 Å². The first kappa shape index (κ1) is 13.7. The van der Waals surface area contributed by atoms with Crippen molar-refractivity contribution in [2.75, 3.05) is 11.9 Å². The highest BCUT2D eigenvalue weighted by atomic mass is 19.1. The zero-order valence-corrected chi connectivity index (χ0v) is 10.1. The predicted octanol–water partition coefficient (Wildman–Crippen LogP) is 0.732. The van der Waals surface area contributed by atoms with Gasteiger partial charge in [-0.05, 0) is 6.07 Å². The number of aromatic carboxylic acids is 1. The van der Waals surface area contributed by atoms with E-state index in [1.165, 1.54) is 0 Å². The summed E-state index contributed by atoms with van der Waals surface area (Å²) >= 11 is 0. The van der Waals surface area contributed by atoms with Crippen LogP contribution in [-0.2, 0) is 4.79 Å². The normalized spacial score (nSPS) is 17.6. The van der Waals surface area contributed by atoms with E-state index in [2.05, 4.69) is 10.6 Å². The monoisotopic (exact) mass is 283 g/mol. The van der Waals surface area contributed by atoms with Crippen molar-refractivity contribution in [1.82, 2.24) is 5.32 Å². The van der Waals surface area contributed by atoms with Crippen molar-refractivity contribution in [3.05, 3.63) is 33.6 Å². The van der Waals surface area contributed by atoms with Crippen LogP contribution in [0.1, 0.15) is 16.8 Å². The van der Waals surface area contributed by atoms with Crippen LogP contribution in [-0.4, -0.2) is 34.5 Å². The lowest BCUT2D eigenvalue weighted by Crippen LogP contribution is -2.23. The van der Waals surface area contributed by atoms with E-state index < -0.39 is 28.0 Å². The number of hydrogen-bond acceptors (Lipinski definition) is 5. The molecule has 1 amide bonds. The minimum absolute atomic E-state index is 0.124. The summed E-state index contributed by atoms with van der Waals surface area (Å²) in [5, 5.41) is 24.8. The van der Waals surface area contributed by atoms with Gasteiger partial charge in [0.25, 0.3) is 5.69 Å². The molecule has 106 valence electrons. The van der Waals surface area contributed by atoms with Crippen molar-refractivity contribution in [2.45, 2.75) is 12.5 Å². The Bertz CT molecular complexity index is 604. The van der Waals surface area contributed by atoms with Crippen LogP contribution >= 0.6 is 0 Å². The van der Waals surface area contributed by atoms with Crippen molar-refractivity contribution in [1.29, 1.82) is 0 Å². The van der Waals surface area contributed by atoms with Crippen LogP contribution in [0, 0.1) is 15.9 Å². The number of benzene rings is 1. The second-order valence-corrected chi connectivity index (χ2v) is 4.26. The van der Waals surface area contributed by atoms with E-state index in [4.69, 9.17) is 5.11 Å². The quantitative estimate of drug-likeness (QED) is 0.553. The molecule has 0 spiro atoms. The fraction of sp³-hybridized carbons (Fsp3) is 0.273. The Labute approximate surface area is 111 Å². The fourth-order valence-corrected chi connectivity index (χ4v) is 1.92. The average Bonchev–Trinajstić information content (AvgIpc) is 2.76. The Balaban J connectivity index is 2.34. The van der Waals surface area contributed by atoms with Crippen molar-refractivity contribution in [2.24, 2.45) is 0 Å². The zero-order chi connectivity index (χ0) is 14.9. The van der Waals surface area contributed by atoms with Crippen LogP contribution in [0.15, 0.2) is 12.1 Å². The maximum Gasteiger partial charge on any atom is 0.342 e. The summed E-state index contributed by atoms with van der Waals surface area (Å²) < 4.78 is 13.7. The van der Waals surface area contributed by atoms with Crippen LogP contribution in [0.2, 0.25) is 0 Å². The topological polar surface area (TPSA) is 122 Å². The molecule has 1 fully saturated rings. The molecule has 1 atom stereocenters. The highest BCUT2D eigenvalue weighted by Crippen LogP contribution is 2.27. The first-order valence-electron chi connectivity index (χ1n) is 5.63. The summed E-state index contributed by atoms with van der Waals surface area (Å²) in [5.74, 6) is -2.68. The Kier molecular flexibility index (Phi) is 3.51. The van der Waals surface area contributed by atoms with Crippen LogP contribution in [0.4, 0.5) is 15.8 Å². The third-order valence-electron chi connectivity index (χ3n) is 2.85. The molecule has 1 saturated heterocycles. The molecular weight excluding hydrogens is 273 g/mol. The van der Waals surface area contributed by atoms with E-state index in [-0.39, 0.29) is 30.6 Å². The number of anilines is 1. The van der Waals surface area contributed by atoms with Gasteiger partial charge >= 0.3 is 5.97 Å². The number of nitro groups is 1. The Morgan fingerprint density at radius 3 is 2.75 bits per heavy atom. The minimum Gasteiger partial charge on any atom is -0.477 e. The molecule has 1 heterocycles. The first-order chi connectivity index (χ1) is 9.38. The summed E-state index contributed by atoms with van der Waals surface area (Å²) in [6.07, 6.45) is 0.124. The number of hydrogen-bond donors (Lipinski definition) is 3. The second kappa shape index (κ2) is 5.11. The van der Waals surface area contributed by atoms with E-state index in [1.807, 2.05) is 0 Å². The SMILES string of the molecule is O=C1CC(Nc2cc(C(=O)O)c([N+](=O)[O-])cc2F)CN1. The molecule has 8 nitrogen and oxygen atoms in total. The highest BCUT2D eigenvalue weighted by molar-refractivity contribution is 5.93. The van der Waals surface area contributed by atoms with E-state index in [0.29, 0.717) is 6.07 Å². The number of rotatable bonds is 4. The van der Waals surface area contributed by atoms with E-state index in [9.17, 15) is 24.1 Å². The molecule has 0 aromatic heterocycles. The van der Waals surface area contributed by atoms with E-state index in [1.54, 1.807) is 0 Å². The van der Waals surface area contributed by atoms with Crippen molar-refractivity contribution >= 4 is 23.3 Å². The lowest BCUT2D eigenvalue weighted by molar-refractivity contribution is -0.385. The number of nitro benzene ring substituents is 1. The molecule has 1 aromatic carbocycles. The number of nitrogens with one attached hydrogen (secondary N) is 2. The Hall–Kier alpha value is -2.71. The standard InChI is InChI=1S/C11H10FN3O5/c12-7-3-9(15(19)20)6(11(17)18)2-8(7)14-5-1-10(16)13-4-5/h2-3,5,14H,1,4H2,(H,13,16)(H,17,18). The molecule has 0 saturated carbocycles. The fourth-order valence-electron chi connectivity index (χ4n) is 1.92. The van der Waals surface area contributed by atoms with Crippen molar-refractivity contribution in [3.8, 4) is 0 Å². The first-order valence-corrected chi connectivity index (χ1v) is 5.63. The highest BCUT2D eigenvalue weighted by Gasteiger charge is 2.26. The van der Waals surface area contributed by atoms with Crippen LogP contribution in [0.3, 0.4) is 0 Å². The smallest absolute Gasteiger partial charge is 0.342 e. The third-order valence-corrected chi connectivity index (χ3v) is 2.85. The summed E-state index contributed by atoms with van der Waals surface area (Å²) in [7, 11) is 0. The van der Waals surface area contributed by atoms with Crippen molar-refractivity contribution in [3.63, 3.8) is 0 Å². The molecule has 9 heteroatoms. The van der Waals surface area contributed by atoms with Gasteiger partial charge < -0.3 is 15.7 Å². The van der Waals surface area contributed by atoms with Crippen LogP contribution < -0.4 is 10.6 Å². The number of halogens is 1. The van der Waals surface area contributed by atoms with Gasteiger partial charge in [-0.2, -0.15) is 0 Å². The summed E-state index contributed by atoms with van der Waals surface area (Å²) in [4.78, 5) is 31.7. The number of carbonyl (C=O) groups excluding carboxylic acids is 1. The summed E-state index contributed by atoms with van der Waals surface area (Å²) in [6, 6.07) is 1.02. The molecule has 1 aliphatic rings. The largest absolute Gasteiger partial charge is 0.477 e. The summed E-state index contributed by atoms with van der Waals surface area (Å²) in [6.45, 7) is 0.275. The van der Waals surface area contributed by atoms with Gasteiger partial charge in [-0.25, -0.2) is 9.18 Å². The molecular formula is C11H10FN3O5. The van der Waals surface area contributed by atoms with Crippen molar-refractivity contribution < 1.29 is 24.0 Å². The van der Waals surface area contributed by atoms with Gasteiger partial charge in [0.05, 0.1) is 22.7 Å². The average molecular weight is 283 g/mol. The van der Waals surface area contributed by atoms with Gasteiger partial charge in [-0.15, -0.1) is 0 Å². The lowest BCUT2D eigenvalue weighted by atomic mass is 10.1. The maximum absolute atomic E-state index is 13.7. The van der Waals surface area contributed by atoms with Crippen LogP contribution in [0.5, 0.6) is 0 Å². The lowest BCUT2D eigenvalue weighted by Gasteiger charge is -2.13. The number of carboxylic acids is 1. The number of nitrogens with zero attached hydrogens (tertiary/aromatic N) is 1. The van der Waals surface area contributed by atoms with Gasteiger partial charge in [0.1, 0.15) is 5.56 Å². The minimum atomic E-state index is -1.53. The molecule has 3 N–H and O–H groups in total. The molecule has 1 unspecified atom stereocenters. The third kappa shape index (κ3) is 2.66. The maximum atomic E-state index is 13.7. The zero-order valence-electron chi connectivity index (χ0n) is 10.1. The number of amides is 1. The molecule has 2 rings (SSSR count). The van der Waals surface area contributed by atoms with E-state index in [0.717, 1.165) is 6.07 Å². The van der Waals surface area contributed by atoms with Gasteiger partial charge in [0.2, 0.25) is 5.91 Å². The summed E-state index contributed by atoms with van der Waals surface area (Å²) in [5.41, 5.74) is -1.62. The second-order valence-electron chi connectivity index (χ2n) is 4.26. The van der Waals surface area contributed by atoms with Gasteiger partial charge in [0, 0.05) is 13.0 Å². The molecule has 0 radical (unpaired) electrons. The molecule has 1 aromatic rings. The Morgan fingerprint density at radius 1 is 1.55 bits per heavy atom. The molecule has 0 bridgehead atoms. The van der Waals surface area contributed by atoms with Gasteiger partial charge in [0.15, 0.2) is 5.82 Å². The predicted molar refractivity (Wildman–Crippen MR) is 65.1 cm³/mol. The number of carbonyl (C=O) groups is 2. The Morgan fingerprint density at radius 2 is 2.25 bits per heavy atom.